The minimum atomic E-state index is -0.186. The number of thiazole rings is 1. The number of aromatic nitrogens is 1. The summed E-state index contributed by atoms with van der Waals surface area (Å²) in [7, 11) is 0. The standard InChI is InChI=1S/C19H19BrN2O2S/c1-2-6-15(20)18(23)22-19-21-16-10-9-14(11-17(16)25-19)24-12-13-7-4-3-5-8-13/h3-5,7-11,15H,2,6,12H2,1H3,(H,21,22,23)/t15-/m0/s1. The number of nitrogens with one attached hydrogen (secondary N) is 1. The minimum Gasteiger partial charge on any atom is -0.489 e. The molecular weight excluding hydrogens is 400 g/mol. The van der Waals surface area contributed by atoms with Gasteiger partial charge in [-0.05, 0) is 30.2 Å². The Hall–Kier alpha value is -1.92. The van der Waals surface area contributed by atoms with E-state index < -0.39 is 0 Å². The molecule has 1 N–H and O–H groups in total. The van der Waals surface area contributed by atoms with Crippen LogP contribution in [-0.2, 0) is 11.4 Å². The molecule has 0 aliphatic carbocycles. The van der Waals surface area contributed by atoms with E-state index in [9.17, 15) is 4.79 Å². The molecule has 1 heterocycles. The van der Waals surface area contributed by atoms with Gasteiger partial charge >= 0.3 is 0 Å². The number of carbonyl (C=O) groups is 1. The molecule has 0 saturated heterocycles. The molecule has 1 amide bonds. The first-order valence-corrected chi connectivity index (χ1v) is 9.91. The van der Waals surface area contributed by atoms with Crippen molar-refractivity contribution < 1.29 is 9.53 Å². The lowest BCUT2D eigenvalue weighted by atomic mass is 10.2. The highest BCUT2D eigenvalue weighted by Gasteiger charge is 2.15. The number of amides is 1. The molecule has 0 fully saturated rings. The third-order valence-corrected chi connectivity index (χ3v) is 5.47. The minimum absolute atomic E-state index is 0.0542. The van der Waals surface area contributed by atoms with Gasteiger partial charge in [0.25, 0.3) is 0 Å². The van der Waals surface area contributed by atoms with Crippen LogP contribution in [0.2, 0.25) is 0 Å². The van der Waals surface area contributed by atoms with Crippen molar-refractivity contribution in [2.24, 2.45) is 0 Å². The number of anilines is 1. The molecule has 4 nitrogen and oxygen atoms in total. The van der Waals surface area contributed by atoms with Gasteiger partial charge in [-0.2, -0.15) is 0 Å². The Balaban J connectivity index is 1.67. The van der Waals surface area contributed by atoms with Crippen LogP contribution in [0.5, 0.6) is 5.75 Å². The van der Waals surface area contributed by atoms with Gasteiger partial charge in [0.05, 0.1) is 15.0 Å². The van der Waals surface area contributed by atoms with Crippen molar-refractivity contribution in [3.05, 3.63) is 54.1 Å². The number of alkyl halides is 1. The third kappa shape index (κ3) is 4.80. The molecule has 2 aromatic carbocycles. The van der Waals surface area contributed by atoms with E-state index in [1.165, 1.54) is 11.3 Å². The van der Waals surface area contributed by atoms with Crippen molar-refractivity contribution in [1.82, 2.24) is 4.98 Å². The number of fused-ring (bicyclic) bond motifs is 1. The number of carbonyl (C=O) groups excluding carboxylic acids is 1. The molecule has 0 bridgehead atoms. The van der Waals surface area contributed by atoms with Crippen molar-refractivity contribution in [1.29, 1.82) is 0 Å². The van der Waals surface area contributed by atoms with Crippen LogP contribution in [0.4, 0.5) is 5.13 Å². The topological polar surface area (TPSA) is 51.2 Å². The summed E-state index contributed by atoms with van der Waals surface area (Å²) in [5.74, 6) is 0.740. The van der Waals surface area contributed by atoms with E-state index >= 15 is 0 Å². The second kappa shape index (κ2) is 8.45. The first kappa shape index (κ1) is 17.9. The smallest absolute Gasteiger partial charge is 0.239 e. The number of hydrogen-bond acceptors (Lipinski definition) is 4. The Morgan fingerprint density at radius 1 is 1.28 bits per heavy atom. The molecule has 6 heteroatoms. The van der Waals surface area contributed by atoms with Crippen LogP contribution in [0.1, 0.15) is 25.3 Å². The van der Waals surface area contributed by atoms with Crippen molar-refractivity contribution in [3.8, 4) is 5.75 Å². The summed E-state index contributed by atoms with van der Waals surface area (Å²) >= 11 is 4.86. The molecule has 3 aromatic rings. The van der Waals surface area contributed by atoms with Crippen LogP contribution in [0, 0.1) is 0 Å². The third-order valence-electron chi connectivity index (χ3n) is 3.66. The number of rotatable bonds is 7. The molecular formula is C19H19BrN2O2S. The van der Waals surface area contributed by atoms with Gasteiger partial charge in [0.2, 0.25) is 5.91 Å². The predicted molar refractivity (Wildman–Crippen MR) is 107 cm³/mol. The van der Waals surface area contributed by atoms with E-state index in [4.69, 9.17) is 4.74 Å². The summed E-state index contributed by atoms with van der Waals surface area (Å²) in [5, 5.41) is 3.49. The highest BCUT2D eigenvalue weighted by molar-refractivity contribution is 9.10. The average molecular weight is 419 g/mol. The van der Waals surface area contributed by atoms with Gasteiger partial charge in [0.1, 0.15) is 12.4 Å². The average Bonchev–Trinajstić information content (AvgIpc) is 3.02. The van der Waals surface area contributed by atoms with E-state index in [0.717, 1.165) is 34.4 Å². The van der Waals surface area contributed by atoms with Crippen LogP contribution in [0.15, 0.2) is 48.5 Å². The fourth-order valence-electron chi connectivity index (χ4n) is 2.36. The lowest BCUT2D eigenvalue weighted by Gasteiger charge is -2.06. The van der Waals surface area contributed by atoms with Gasteiger partial charge in [-0.3, -0.25) is 4.79 Å². The lowest BCUT2D eigenvalue weighted by molar-refractivity contribution is -0.115. The van der Waals surface area contributed by atoms with Crippen LogP contribution >= 0.6 is 27.3 Å². The Morgan fingerprint density at radius 2 is 2.08 bits per heavy atom. The molecule has 3 rings (SSSR count). The second-order valence-corrected chi connectivity index (χ2v) is 7.80. The molecule has 0 radical (unpaired) electrons. The number of nitrogens with zero attached hydrogens (tertiary/aromatic N) is 1. The molecule has 0 unspecified atom stereocenters. The monoisotopic (exact) mass is 418 g/mol. The number of hydrogen-bond donors (Lipinski definition) is 1. The molecule has 25 heavy (non-hydrogen) atoms. The van der Waals surface area contributed by atoms with Crippen molar-refractivity contribution >= 4 is 48.5 Å². The number of benzene rings is 2. The highest BCUT2D eigenvalue weighted by Crippen LogP contribution is 2.30. The van der Waals surface area contributed by atoms with Gasteiger partial charge < -0.3 is 10.1 Å². The highest BCUT2D eigenvalue weighted by atomic mass is 79.9. The maximum atomic E-state index is 12.1. The fraction of sp³-hybridized carbons (Fsp3) is 0.263. The molecule has 1 aromatic heterocycles. The van der Waals surface area contributed by atoms with Gasteiger partial charge in [0.15, 0.2) is 5.13 Å². The summed E-state index contributed by atoms with van der Waals surface area (Å²) in [4.78, 5) is 16.4. The van der Waals surface area contributed by atoms with Crippen molar-refractivity contribution in [2.75, 3.05) is 5.32 Å². The van der Waals surface area contributed by atoms with Gasteiger partial charge in [-0.25, -0.2) is 4.98 Å². The zero-order chi connectivity index (χ0) is 17.6. The van der Waals surface area contributed by atoms with Crippen LogP contribution in [0.3, 0.4) is 0 Å². The molecule has 0 aliphatic rings. The Kier molecular flexibility index (Phi) is 6.04. The molecule has 130 valence electrons. The maximum Gasteiger partial charge on any atom is 0.239 e. The zero-order valence-corrected chi connectivity index (χ0v) is 16.3. The van der Waals surface area contributed by atoms with Gasteiger partial charge in [-0.1, -0.05) is 70.9 Å². The van der Waals surface area contributed by atoms with E-state index in [2.05, 4.69) is 33.2 Å². The molecule has 0 saturated carbocycles. The molecule has 1 atom stereocenters. The van der Waals surface area contributed by atoms with Crippen molar-refractivity contribution in [3.63, 3.8) is 0 Å². The van der Waals surface area contributed by atoms with Crippen LogP contribution in [0.25, 0.3) is 10.2 Å². The number of halogens is 1. The number of ether oxygens (including phenoxy) is 1. The Morgan fingerprint density at radius 3 is 2.84 bits per heavy atom. The van der Waals surface area contributed by atoms with Crippen molar-refractivity contribution in [2.45, 2.75) is 31.2 Å². The van der Waals surface area contributed by atoms with E-state index in [0.29, 0.717) is 11.7 Å². The quantitative estimate of drug-likeness (QED) is 0.524. The summed E-state index contributed by atoms with van der Waals surface area (Å²) in [6, 6.07) is 15.8. The lowest BCUT2D eigenvalue weighted by Crippen LogP contribution is -2.22. The van der Waals surface area contributed by atoms with E-state index in [1.54, 1.807) is 0 Å². The van der Waals surface area contributed by atoms with E-state index in [1.807, 2.05) is 48.5 Å². The van der Waals surface area contributed by atoms with Crippen LogP contribution < -0.4 is 10.1 Å². The van der Waals surface area contributed by atoms with E-state index in [-0.39, 0.29) is 10.7 Å². The summed E-state index contributed by atoms with van der Waals surface area (Å²) in [6.07, 6.45) is 1.75. The zero-order valence-electron chi connectivity index (χ0n) is 13.9. The summed E-state index contributed by atoms with van der Waals surface area (Å²) < 4.78 is 6.83. The SMILES string of the molecule is CCC[C@H](Br)C(=O)Nc1nc2ccc(OCc3ccccc3)cc2s1. The molecule has 0 aliphatic heterocycles. The summed E-state index contributed by atoms with van der Waals surface area (Å²) in [6.45, 7) is 2.58. The largest absolute Gasteiger partial charge is 0.489 e. The normalized spacial score (nSPS) is 12.1. The fourth-order valence-corrected chi connectivity index (χ4v) is 3.83. The second-order valence-electron chi connectivity index (χ2n) is 5.67. The Labute approximate surface area is 159 Å². The predicted octanol–water partition coefficient (Wildman–Crippen LogP) is 5.38. The Bertz CT molecular complexity index is 851. The van der Waals surface area contributed by atoms with Crippen LogP contribution in [-0.4, -0.2) is 15.7 Å². The first-order chi connectivity index (χ1) is 12.2. The maximum absolute atomic E-state index is 12.1. The first-order valence-electron chi connectivity index (χ1n) is 8.18. The summed E-state index contributed by atoms with van der Waals surface area (Å²) in [5.41, 5.74) is 1.98. The van der Waals surface area contributed by atoms with Gasteiger partial charge in [0, 0.05) is 0 Å². The van der Waals surface area contributed by atoms with Gasteiger partial charge in [-0.15, -0.1) is 0 Å². The molecule has 0 spiro atoms.